The van der Waals surface area contributed by atoms with Gasteiger partial charge in [0.2, 0.25) is 5.95 Å². The lowest BCUT2D eigenvalue weighted by atomic mass is 9.96. The normalized spacial score (nSPS) is 15.1. The Bertz CT molecular complexity index is 931. The highest BCUT2D eigenvalue weighted by Crippen LogP contribution is 2.22. The maximum Gasteiger partial charge on any atom is 0.337 e. The highest BCUT2D eigenvalue weighted by molar-refractivity contribution is 5.94. The van der Waals surface area contributed by atoms with Crippen molar-refractivity contribution in [1.29, 1.82) is 0 Å². The molecule has 0 radical (unpaired) electrons. The number of methoxy groups -OCH3 is 1. The predicted octanol–water partition coefficient (Wildman–Crippen LogP) is 3.35. The Morgan fingerprint density at radius 3 is 2.88 bits per heavy atom. The van der Waals surface area contributed by atoms with Gasteiger partial charge in [0.1, 0.15) is 0 Å². The summed E-state index contributed by atoms with van der Waals surface area (Å²) >= 11 is 0. The van der Waals surface area contributed by atoms with Crippen LogP contribution in [0.1, 0.15) is 42.5 Å². The molecular weight excluding hydrogens is 330 g/mol. The summed E-state index contributed by atoms with van der Waals surface area (Å²) in [4.78, 5) is 20.8. The number of rotatable bonds is 4. The summed E-state index contributed by atoms with van der Waals surface area (Å²) in [5, 5.41) is 8.79. The van der Waals surface area contributed by atoms with Crippen LogP contribution in [0.5, 0.6) is 0 Å². The van der Waals surface area contributed by atoms with Crippen LogP contribution in [0, 0.1) is 0 Å². The van der Waals surface area contributed by atoms with Crippen molar-refractivity contribution in [1.82, 2.24) is 19.7 Å². The molecule has 134 valence electrons. The molecule has 1 aliphatic carbocycles. The highest BCUT2D eigenvalue weighted by Gasteiger charge is 2.15. The molecule has 0 aliphatic heterocycles. The number of benzene rings is 1. The molecule has 26 heavy (non-hydrogen) atoms. The predicted molar refractivity (Wildman–Crippen MR) is 98.5 cm³/mol. The molecule has 0 unspecified atom stereocenters. The first-order valence-electron chi connectivity index (χ1n) is 8.90. The highest BCUT2D eigenvalue weighted by atomic mass is 16.5. The van der Waals surface area contributed by atoms with Gasteiger partial charge in [0.05, 0.1) is 24.4 Å². The van der Waals surface area contributed by atoms with Gasteiger partial charge in [-0.2, -0.15) is 10.1 Å². The monoisotopic (exact) mass is 351 g/mol. The van der Waals surface area contributed by atoms with Crippen LogP contribution in [0.3, 0.4) is 0 Å². The average Bonchev–Trinajstić information content (AvgIpc) is 3.11. The van der Waals surface area contributed by atoms with Crippen molar-refractivity contribution in [3.63, 3.8) is 0 Å². The number of fused-ring (bicyclic) bond motifs is 1. The molecule has 3 aromatic rings. The van der Waals surface area contributed by atoms with Crippen molar-refractivity contribution in [3.8, 4) is 5.82 Å². The van der Waals surface area contributed by atoms with Gasteiger partial charge in [-0.3, -0.25) is 0 Å². The van der Waals surface area contributed by atoms with Crippen LogP contribution in [0.25, 0.3) is 16.7 Å². The Morgan fingerprint density at radius 2 is 2.08 bits per heavy atom. The summed E-state index contributed by atoms with van der Waals surface area (Å²) in [6.45, 7) is 0. The van der Waals surface area contributed by atoms with Gasteiger partial charge in [-0.05, 0) is 25.0 Å². The van der Waals surface area contributed by atoms with Gasteiger partial charge >= 0.3 is 5.97 Å². The third-order valence-electron chi connectivity index (χ3n) is 4.79. The van der Waals surface area contributed by atoms with E-state index in [-0.39, 0.29) is 5.97 Å². The average molecular weight is 351 g/mol. The summed E-state index contributed by atoms with van der Waals surface area (Å²) in [7, 11) is 1.37. The molecule has 1 aromatic carbocycles. The SMILES string of the molecule is COC(=O)c1ccc2cnn(-c3ccnc(NC4CCCCC4)n3)c2c1. The van der Waals surface area contributed by atoms with Crippen LogP contribution in [0.2, 0.25) is 0 Å². The Balaban J connectivity index is 1.66. The van der Waals surface area contributed by atoms with Crippen molar-refractivity contribution in [3.05, 3.63) is 42.2 Å². The third-order valence-corrected chi connectivity index (χ3v) is 4.79. The lowest BCUT2D eigenvalue weighted by molar-refractivity contribution is 0.0601. The fourth-order valence-electron chi connectivity index (χ4n) is 3.41. The standard InChI is InChI=1S/C19H21N5O2/c1-26-18(25)13-7-8-14-12-21-24(16(14)11-13)17-9-10-20-19(23-17)22-15-5-3-2-4-6-15/h7-12,15H,2-6H2,1H3,(H,20,22,23). The smallest absolute Gasteiger partial charge is 0.337 e. The largest absolute Gasteiger partial charge is 0.465 e. The Morgan fingerprint density at radius 1 is 1.23 bits per heavy atom. The molecule has 1 fully saturated rings. The number of ether oxygens (including phenoxy) is 1. The van der Waals surface area contributed by atoms with Crippen molar-refractivity contribution < 1.29 is 9.53 Å². The molecular formula is C19H21N5O2. The maximum absolute atomic E-state index is 11.8. The summed E-state index contributed by atoms with van der Waals surface area (Å²) in [5.74, 6) is 0.902. The van der Waals surface area contributed by atoms with Crippen LogP contribution in [0.15, 0.2) is 36.7 Å². The van der Waals surface area contributed by atoms with E-state index in [0.29, 0.717) is 23.4 Å². The minimum atomic E-state index is -0.373. The van der Waals surface area contributed by atoms with E-state index in [4.69, 9.17) is 4.74 Å². The van der Waals surface area contributed by atoms with E-state index in [2.05, 4.69) is 20.4 Å². The molecule has 0 saturated heterocycles. The molecule has 1 N–H and O–H groups in total. The number of aromatic nitrogens is 4. The minimum absolute atomic E-state index is 0.373. The van der Waals surface area contributed by atoms with Gasteiger partial charge in [0, 0.05) is 23.7 Å². The lowest BCUT2D eigenvalue weighted by Gasteiger charge is -2.22. The van der Waals surface area contributed by atoms with Gasteiger partial charge in [0.25, 0.3) is 0 Å². The van der Waals surface area contributed by atoms with E-state index in [1.54, 1.807) is 29.2 Å². The van der Waals surface area contributed by atoms with Crippen LogP contribution >= 0.6 is 0 Å². The zero-order valence-corrected chi connectivity index (χ0v) is 14.7. The number of esters is 1. The van der Waals surface area contributed by atoms with E-state index < -0.39 is 0 Å². The van der Waals surface area contributed by atoms with E-state index in [1.807, 2.05) is 12.1 Å². The Hall–Kier alpha value is -2.96. The van der Waals surface area contributed by atoms with Gasteiger partial charge < -0.3 is 10.1 Å². The number of nitrogens with one attached hydrogen (secondary N) is 1. The van der Waals surface area contributed by atoms with Crippen LogP contribution in [0.4, 0.5) is 5.95 Å². The number of hydrogen-bond acceptors (Lipinski definition) is 6. The van der Waals surface area contributed by atoms with Crippen molar-refractivity contribution >= 4 is 22.8 Å². The van der Waals surface area contributed by atoms with Gasteiger partial charge in [-0.25, -0.2) is 14.5 Å². The third kappa shape index (κ3) is 3.24. The van der Waals surface area contributed by atoms with Gasteiger partial charge in [0.15, 0.2) is 5.82 Å². The molecule has 7 heteroatoms. The second kappa shape index (κ2) is 7.11. The first-order chi connectivity index (χ1) is 12.7. The fourth-order valence-corrected chi connectivity index (χ4v) is 3.41. The topological polar surface area (TPSA) is 81.9 Å². The van der Waals surface area contributed by atoms with Gasteiger partial charge in [-0.1, -0.05) is 25.3 Å². The first kappa shape index (κ1) is 16.5. The summed E-state index contributed by atoms with van der Waals surface area (Å²) < 4.78 is 6.52. The first-order valence-corrected chi connectivity index (χ1v) is 8.90. The minimum Gasteiger partial charge on any atom is -0.465 e. The number of carbonyl (C=O) groups is 1. The summed E-state index contributed by atoms with van der Waals surface area (Å²) in [6.07, 6.45) is 9.59. The zero-order chi connectivity index (χ0) is 17.9. The van der Waals surface area contributed by atoms with Crippen LogP contribution in [-0.4, -0.2) is 38.9 Å². The summed E-state index contributed by atoms with van der Waals surface area (Å²) in [6, 6.07) is 7.59. The summed E-state index contributed by atoms with van der Waals surface area (Å²) in [5.41, 5.74) is 1.28. The maximum atomic E-state index is 11.8. The zero-order valence-electron chi connectivity index (χ0n) is 14.7. The molecule has 1 saturated carbocycles. The molecule has 0 amide bonds. The molecule has 0 spiro atoms. The molecule has 1 aliphatic rings. The molecule has 2 aromatic heterocycles. The van der Waals surface area contributed by atoms with Crippen LogP contribution in [-0.2, 0) is 4.74 Å². The number of nitrogens with zero attached hydrogens (tertiary/aromatic N) is 4. The van der Waals surface area contributed by atoms with Crippen LogP contribution < -0.4 is 5.32 Å². The van der Waals surface area contributed by atoms with E-state index in [0.717, 1.165) is 23.7 Å². The second-order valence-electron chi connectivity index (χ2n) is 6.54. The number of carbonyl (C=O) groups excluding carboxylic acids is 1. The van der Waals surface area contributed by atoms with Crippen molar-refractivity contribution in [2.75, 3.05) is 12.4 Å². The number of hydrogen-bond donors (Lipinski definition) is 1. The Kier molecular flexibility index (Phi) is 4.51. The van der Waals surface area contributed by atoms with Gasteiger partial charge in [-0.15, -0.1) is 0 Å². The lowest BCUT2D eigenvalue weighted by Crippen LogP contribution is -2.23. The fraction of sp³-hybridized carbons (Fsp3) is 0.368. The molecule has 0 atom stereocenters. The molecule has 2 heterocycles. The molecule has 4 rings (SSSR count). The van der Waals surface area contributed by atoms with E-state index in [1.165, 1.54) is 26.4 Å². The van der Waals surface area contributed by atoms with E-state index >= 15 is 0 Å². The van der Waals surface area contributed by atoms with Crippen molar-refractivity contribution in [2.24, 2.45) is 0 Å². The molecule has 0 bridgehead atoms. The Labute approximate surface area is 151 Å². The molecule has 7 nitrogen and oxygen atoms in total. The second-order valence-corrected chi connectivity index (χ2v) is 6.54. The quantitative estimate of drug-likeness (QED) is 0.726. The number of anilines is 1. The van der Waals surface area contributed by atoms with Crippen molar-refractivity contribution in [2.45, 2.75) is 38.1 Å². The van der Waals surface area contributed by atoms with E-state index in [9.17, 15) is 4.79 Å².